The monoisotopic (exact) mass is 447 g/mol. The van der Waals surface area contributed by atoms with Crippen molar-refractivity contribution in [2.75, 3.05) is 12.4 Å². The van der Waals surface area contributed by atoms with E-state index in [0.717, 1.165) is 41.9 Å². The molecule has 0 atom stereocenters. The number of nitrogens with one attached hydrogen (secondary N) is 2. The summed E-state index contributed by atoms with van der Waals surface area (Å²) in [5.41, 5.74) is 6.81. The van der Waals surface area contributed by atoms with Crippen molar-refractivity contribution in [2.24, 2.45) is 5.10 Å². The first-order chi connectivity index (χ1) is 15.5. The Morgan fingerprint density at radius 1 is 0.969 bits per heavy atom. The van der Waals surface area contributed by atoms with E-state index >= 15 is 0 Å². The summed E-state index contributed by atoms with van der Waals surface area (Å²) >= 11 is 5.89. The predicted molar refractivity (Wildman–Crippen MR) is 126 cm³/mol. The molecule has 1 aliphatic carbocycles. The van der Waals surface area contributed by atoms with Crippen molar-refractivity contribution in [1.82, 2.24) is 5.43 Å². The molecule has 0 saturated carbocycles. The number of rotatable bonds is 5. The van der Waals surface area contributed by atoms with E-state index in [0.29, 0.717) is 21.8 Å². The molecule has 0 aliphatic heterocycles. The fraction of sp³-hybridized carbons (Fsp3) is 0.160. The average Bonchev–Trinajstić information content (AvgIpc) is 2.82. The Morgan fingerprint density at radius 3 is 2.53 bits per heavy atom. The van der Waals surface area contributed by atoms with Crippen LogP contribution in [0.1, 0.15) is 44.7 Å². The number of hydrazone groups is 1. The molecule has 0 fully saturated rings. The number of hydrogen-bond donors (Lipinski definition) is 2. The minimum absolute atomic E-state index is 0.324. The number of methoxy groups -OCH3 is 1. The summed E-state index contributed by atoms with van der Waals surface area (Å²) in [4.78, 5) is 25.4. The molecule has 3 aromatic rings. The van der Waals surface area contributed by atoms with Gasteiger partial charge in [-0.05, 0) is 79.4 Å². The highest BCUT2D eigenvalue weighted by atomic mass is 35.5. The third kappa shape index (κ3) is 4.81. The number of benzene rings is 3. The molecule has 1 aliphatic rings. The summed E-state index contributed by atoms with van der Waals surface area (Å²) in [5, 5.41) is 7.73. The van der Waals surface area contributed by atoms with Gasteiger partial charge in [0.15, 0.2) is 0 Å². The molecule has 2 N–H and O–H groups in total. The molecule has 7 heteroatoms. The number of para-hydroxylation sites is 1. The van der Waals surface area contributed by atoms with Gasteiger partial charge in [-0.15, -0.1) is 0 Å². The Bertz CT molecular complexity index is 1190. The molecule has 4 rings (SSSR count). The molecule has 162 valence electrons. The fourth-order valence-corrected chi connectivity index (χ4v) is 3.77. The van der Waals surface area contributed by atoms with Gasteiger partial charge in [-0.25, -0.2) is 5.43 Å². The zero-order valence-electron chi connectivity index (χ0n) is 17.5. The van der Waals surface area contributed by atoms with Crippen LogP contribution in [0.2, 0.25) is 5.02 Å². The van der Waals surface area contributed by atoms with Gasteiger partial charge in [-0.1, -0.05) is 23.7 Å². The molecule has 0 aromatic heterocycles. The summed E-state index contributed by atoms with van der Waals surface area (Å²) < 4.78 is 5.30. The van der Waals surface area contributed by atoms with Crippen molar-refractivity contribution < 1.29 is 14.3 Å². The van der Waals surface area contributed by atoms with Gasteiger partial charge in [0, 0.05) is 16.1 Å². The van der Waals surface area contributed by atoms with Gasteiger partial charge in [0.05, 0.1) is 24.1 Å². The number of hydrogen-bond acceptors (Lipinski definition) is 4. The molecular weight excluding hydrogens is 426 g/mol. The van der Waals surface area contributed by atoms with E-state index in [2.05, 4.69) is 15.8 Å². The highest BCUT2D eigenvalue weighted by Gasteiger charge is 2.18. The zero-order chi connectivity index (χ0) is 22.5. The lowest BCUT2D eigenvalue weighted by Gasteiger charge is -2.18. The van der Waals surface area contributed by atoms with E-state index in [1.807, 2.05) is 18.2 Å². The van der Waals surface area contributed by atoms with Crippen molar-refractivity contribution in [3.8, 4) is 5.75 Å². The van der Waals surface area contributed by atoms with E-state index in [1.165, 1.54) is 0 Å². The Kier molecular flexibility index (Phi) is 6.52. The predicted octanol–water partition coefficient (Wildman–Crippen LogP) is 5.07. The number of nitrogens with zero attached hydrogens (tertiary/aromatic N) is 1. The summed E-state index contributed by atoms with van der Waals surface area (Å²) in [6, 6.07) is 19.2. The molecule has 32 heavy (non-hydrogen) atoms. The van der Waals surface area contributed by atoms with Gasteiger partial charge in [-0.3, -0.25) is 9.59 Å². The van der Waals surface area contributed by atoms with Crippen molar-refractivity contribution >= 4 is 34.8 Å². The van der Waals surface area contributed by atoms with Crippen LogP contribution in [0.15, 0.2) is 71.8 Å². The first-order valence-corrected chi connectivity index (χ1v) is 10.6. The number of amides is 2. The Hall–Kier alpha value is -3.64. The first-order valence-electron chi connectivity index (χ1n) is 10.3. The third-order valence-electron chi connectivity index (χ3n) is 5.30. The second kappa shape index (κ2) is 9.66. The average molecular weight is 448 g/mol. The van der Waals surface area contributed by atoms with Crippen molar-refractivity contribution in [2.45, 2.75) is 19.3 Å². The summed E-state index contributed by atoms with van der Waals surface area (Å²) in [6.07, 6.45) is 2.66. The van der Waals surface area contributed by atoms with Gasteiger partial charge in [0.25, 0.3) is 11.8 Å². The molecule has 0 saturated heterocycles. The fourth-order valence-electron chi connectivity index (χ4n) is 3.65. The molecule has 0 radical (unpaired) electrons. The maximum Gasteiger partial charge on any atom is 0.273 e. The van der Waals surface area contributed by atoms with Crippen molar-refractivity contribution in [3.63, 3.8) is 0 Å². The van der Waals surface area contributed by atoms with Gasteiger partial charge < -0.3 is 10.1 Å². The van der Waals surface area contributed by atoms with Gasteiger partial charge >= 0.3 is 0 Å². The second-order valence-corrected chi connectivity index (χ2v) is 7.82. The number of carbonyl (C=O) groups excluding carboxylic acids is 2. The van der Waals surface area contributed by atoms with Crippen LogP contribution in [-0.4, -0.2) is 24.6 Å². The van der Waals surface area contributed by atoms with Crippen molar-refractivity contribution in [1.29, 1.82) is 0 Å². The summed E-state index contributed by atoms with van der Waals surface area (Å²) in [7, 11) is 1.64. The van der Waals surface area contributed by atoms with Crippen LogP contribution in [0.5, 0.6) is 5.75 Å². The number of halogens is 1. The van der Waals surface area contributed by atoms with Crippen LogP contribution in [0.4, 0.5) is 5.69 Å². The molecule has 3 aromatic carbocycles. The van der Waals surface area contributed by atoms with Crippen LogP contribution < -0.4 is 15.5 Å². The Balaban J connectivity index is 1.52. The van der Waals surface area contributed by atoms with E-state index in [4.69, 9.17) is 16.3 Å². The molecule has 0 unspecified atom stereocenters. The van der Waals surface area contributed by atoms with Gasteiger partial charge in [0.1, 0.15) is 5.75 Å². The standard InChI is InChI=1S/C25H22ClN3O3/c1-32-19-13-14-20-17(15-19)5-4-8-23(20)28-29-25(31)21-6-2-3-7-22(21)27-24(30)16-9-11-18(26)12-10-16/h2-3,6-7,9-15H,4-5,8H2,1H3,(H,27,30)(H,29,31)/b28-23-. The number of fused-ring (bicyclic) bond motifs is 1. The van der Waals surface area contributed by atoms with E-state index in [9.17, 15) is 9.59 Å². The largest absolute Gasteiger partial charge is 0.497 e. The minimum atomic E-state index is -0.398. The third-order valence-corrected chi connectivity index (χ3v) is 5.55. The number of carbonyl (C=O) groups is 2. The molecule has 0 heterocycles. The van der Waals surface area contributed by atoms with Crippen LogP contribution in [0.25, 0.3) is 0 Å². The van der Waals surface area contributed by atoms with E-state index < -0.39 is 5.91 Å². The van der Waals surface area contributed by atoms with Gasteiger partial charge in [0.2, 0.25) is 0 Å². The zero-order valence-corrected chi connectivity index (χ0v) is 18.3. The number of anilines is 1. The van der Waals surface area contributed by atoms with Crippen LogP contribution >= 0.6 is 11.6 Å². The highest BCUT2D eigenvalue weighted by Crippen LogP contribution is 2.26. The molecule has 6 nitrogen and oxygen atoms in total. The SMILES string of the molecule is COc1ccc2c(c1)CCC/C2=N/NC(=O)c1ccccc1NC(=O)c1ccc(Cl)cc1. The number of ether oxygens (including phenoxy) is 1. The van der Waals surface area contributed by atoms with E-state index in [-0.39, 0.29) is 5.91 Å². The lowest BCUT2D eigenvalue weighted by molar-refractivity contribution is 0.0955. The molecular formula is C25H22ClN3O3. The smallest absolute Gasteiger partial charge is 0.273 e. The number of aryl methyl sites for hydroxylation is 1. The Labute approximate surface area is 191 Å². The molecule has 0 bridgehead atoms. The maximum atomic E-state index is 12.9. The van der Waals surface area contributed by atoms with Crippen LogP contribution in [0.3, 0.4) is 0 Å². The van der Waals surface area contributed by atoms with Crippen molar-refractivity contribution in [3.05, 3.63) is 94.0 Å². The highest BCUT2D eigenvalue weighted by molar-refractivity contribution is 6.30. The second-order valence-electron chi connectivity index (χ2n) is 7.38. The van der Waals surface area contributed by atoms with E-state index in [1.54, 1.807) is 55.6 Å². The van der Waals surface area contributed by atoms with Crippen LogP contribution in [-0.2, 0) is 6.42 Å². The molecule has 2 amide bonds. The topological polar surface area (TPSA) is 79.8 Å². The molecule has 0 spiro atoms. The van der Waals surface area contributed by atoms with Gasteiger partial charge in [-0.2, -0.15) is 5.10 Å². The summed E-state index contributed by atoms with van der Waals surface area (Å²) in [6.45, 7) is 0. The quantitative estimate of drug-likeness (QED) is 0.536. The summed E-state index contributed by atoms with van der Waals surface area (Å²) in [5.74, 6) is 0.0768. The maximum absolute atomic E-state index is 12.9. The first kappa shape index (κ1) is 21.6. The minimum Gasteiger partial charge on any atom is -0.497 e. The van der Waals surface area contributed by atoms with Crippen LogP contribution in [0, 0.1) is 0 Å². The lowest BCUT2D eigenvalue weighted by Crippen LogP contribution is -2.24. The normalized spacial score (nSPS) is 13.9. The Morgan fingerprint density at radius 2 is 1.75 bits per heavy atom. The lowest BCUT2D eigenvalue weighted by atomic mass is 9.90.